The lowest BCUT2D eigenvalue weighted by atomic mass is 9.86. The Morgan fingerprint density at radius 1 is 0.976 bits per heavy atom. The van der Waals surface area contributed by atoms with Crippen LogP contribution in [0.3, 0.4) is 0 Å². The summed E-state index contributed by atoms with van der Waals surface area (Å²) in [5, 5.41) is 9.65. The van der Waals surface area contributed by atoms with E-state index < -0.39 is 11.8 Å². The van der Waals surface area contributed by atoms with Crippen molar-refractivity contribution in [3.63, 3.8) is 0 Å². The Kier molecular flexibility index (Phi) is 7.53. The molecule has 0 atom stereocenters. The number of piperazine rings is 1. The molecule has 1 aliphatic carbocycles. The molecule has 0 spiro atoms. The van der Waals surface area contributed by atoms with E-state index in [4.69, 9.17) is 28.2 Å². The molecule has 3 heterocycles. The summed E-state index contributed by atoms with van der Waals surface area (Å²) in [6.45, 7) is 3.31. The van der Waals surface area contributed by atoms with Gasteiger partial charge in [0, 0.05) is 49.5 Å². The highest BCUT2D eigenvalue weighted by molar-refractivity contribution is 6.38. The third kappa shape index (κ3) is 5.53. The van der Waals surface area contributed by atoms with Crippen molar-refractivity contribution in [2.75, 3.05) is 54.2 Å². The molecule has 5 N–H and O–H groups in total. The topological polar surface area (TPSA) is 146 Å². The fourth-order valence-corrected chi connectivity index (χ4v) is 5.70. The van der Waals surface area contributed by atoms with Crippen LogP contribution in [0.1, 0.15) is 40.9 Å². The maximum Gasteiger partial charge on any atom is 0.276 e. The van der Waals surface area contributed by atoms with Gasteiger partial charge in [0.25, 0.3) is 11.8 Å². The zero-order valence-corrected chi connectivity index (χ0v) is 24.1. The van der Waals surface area contributed by atoms with Crippen LogP contribution in [-0.4, -0.2) is 65.6 Å². The Morgan fingerprint density at radius 2 is 1.71 bits per heavy atom. The number of fused-ring (bicyclic) bond motifs is 2. The lowest BCUT2D eigenvalue weighted by molar-refractivity contribution is -0.112. The minimum Gasteiger partial charge on any atom is -0.399 e. The van der Waals surface area contributed by atoms with Gasteiger partial charge in [-0.2, -0.15) is 5.10 Å². The summed E-state index contributed by atoms with van der Waals surface area (Å²) in [6.07, 6.45) is 4.24. The molecular formula is C30H32ClN9O2. The molecule has 2 aliphatic heterocycles. The van der Waals surface area contributed by atoms with Crippen LogP contribution in [0.2, 0.25) is 5.02 Å². The second-order valence-corrected chi connectivity index (χ2v) is 11.2. The van der Waals surface area contributed by atoms with E-state index in [0.717, 1.165) is 61.5 Å². The molecule has 3 aromatic rings. The summed E-state index contributed by atoms with van der Waals surface area (Å²) >= 11 is 6.39. The molecular weight excluding hydrogens is 554 g/mol. The maximum absolute atomic E-state index is 13.4. The predicted octanol–water partition coefficient (Wildman–Crippen LogP) is 3.52. The van der Waals surface area contributed by atoms with E-state index in [1.165, 1.54) is 11.8 Å². The smallest absolute Gasteiger partial charge is 0.276 e. The van der Waals surface area contributed by atoms with Crippen LogP contribution < -0.4 is 26.7 Å². The Hall–Kier alpha value is -4.48. The normalized spacial score (nSPS) is 17.2. The first-order chi connectivity index (χ1) is 20.3. The van der Waals surface area contributed by atoms with Crippen molar-refractivity contribution >= 4 is 57.8 Å². The van der Waals surface area contributed by atoms with Gasteiger partial charge < -0.3 is 26.6 Å². The fraction of sp³-hybridized carbons (Fsp3) is 0.300. The molecule has 42 heavy (non-hydrogen) atoms. The molecule has 0 unspecified atom stereocenters. The molecule has 0 bridgehead atoms. The number of primary amides is 1. The van der Waals surface area contributed by atoms with E-state index >= 15 is 0 Å². The molecule has 0 saturated carbocycles. The summed E-state index contributed by atoms with van der Waals surface area (Å²) in [6, 6.07) is 13.1. The van der Waals surface area contributed by atoms with Crippen LogP contribution in [0.4, 0.5) is 23.0 Å². The van der Waals surface area contributed by atoms with Gasteiger partial charge >= 0.3 is 0 Å². The third-order valence-electron chi connectivity index (χ3n) is 7.90. The number of carbonyl (C=O) groups excluding carboxylic acids is 2. The quantitative estimate of drug-likeness (QED) is 0.386. The SMILES string of the molecule is CN1CCN(c2ncc(Cl)c(C(=O)Nc3ccc4c(c3)C3=C(CCC(C(N)=O)=NN3c3ccc(N)cc3)CC4)n2)CC1. The number of rotatable bonds is 5. The van der Waals surface area contributed by atoms with Crippen LogP contribution in [0.25, 0.3) is 5.70 Å². The number of benzene rings is 2. The number of hydrogen-bond acceptors (Lipinski definition) is 9. The number of allylic oxidation sites excluding steroid dienone is 1. The Balaban J connectivity index is 1.33. The maximum atomic E-state index is 13.4. The number of halogens is 1. The van der Waals surface area contributed by atoms with E-state index in [0.29, 0.717) is 35.9 Å². The first-order valence-corrected chi connectivity index (χ1v) is 14.3. The molecule has 1 aromatic heterocycles. The number of nitrogens with one attached hydrogen (secondary N) is 1. The highest BCUT2D eigenvalue weighted by Crippen LogP contribution is 2.41. The molecule has 6 rings (SSSR count). The molecule has 216 valence electrons. The molecule has 0 radical (unpaired) electrons. The number of nitrogen functional groups attached to an aromatic ring is 1. The summed E-state index contributed by atoms with van der Waals surface area (Å²) in [7, 11) is 2.07. The number of nitrogens with two attached hydrogens (primary N) is 2. The number of amides is 2. The van der Waals surface area contributed by atoms with Gasteiger partial charge in [0.15, 0.2) is 5.69 Å². The molecule has 12 heteroatoms. The average Bonchev–Trinajstić information content (AvgIpc) is 3.19. The Bertz CT molecular complexity index is 1610. The number of anilines is 4. The van der Waals surface area contributed by atoms with Gasteiger partial charge in [-0.05, 0) is 73.8 Å². The van der Waals surface area contributed by atoms with Crippen molar-refractivity contribution in [1.82, 2.24) is 14.9 Å². The largest absolute Gasteiger partial charge is 0.399 e. The first-order valence-electron chi connectivity index (χ1n) is 13.9. The standard InChI is InChI=1S/C30H32ClN9O2/c1-38-12-14-39(15-13-38)30-34-17-24(31)26(36-30)29(42)35-21-8-4-18-2-3-19-5-11-25(28(33)41)37-40(27(19)23(18)16-21)22-9-6-20(32)7-10-22/h4,6-10,16-17H,2-3,5,11-15,32H2,1H3,(H2,33,41)(H,35,42). The van der Waals surface area contributed by atoms with Crippen molar-refractivity contribution in [3.05, 3.63) is 76.1 Å². The van der Waals surface area contributed by atoms with Gasteiger partial charge in [0.1, 0.15) is 5.71 Å². The van der Waals surface area contributed by atoms with E-state index in [2.05, 4.69) is 32.1 Å². The first kappa shape index (κ1) is 27.7. The van der Waals surface area contributed by atoms with E-state index in [1.807, 2.05) is 30.3 Å². The molecule has 2 amide bonds. The Morgan fingerprint density at radius 3 is 2.45 bits per heavy atom. The van der Waals surface area contributed by atoms with E-state index in [9.17, 15) is 9.59 Å². The number of nitrogens with zero attached hydrogens (tertiary/aromatic N) is 6. The van der Waals surface area contributed by atoms with Gasteiger partial charge in [-0.15, -0.1) is 0 Å². The van der Waals surface area contributed by atoms with Crippen LogP contribution >= 0.6 is 11.6 Å². The van der Waals surface area contributed by atoms with Crippen LogP contribution in [-0.2, 0) is 11.2 Å². The summed E-state index contributed by atoms with van der Waals surface area (Å²) in [5.41, 5.74) is 18.1. The van der Waals surface area contributed by atoms with Gasteiger partial charge in [0.2, 0.25) is 5.95 Å². The number of aryl methyl sites for hydroxylation is 1. The summed E-state index contributed by atoms with van der Waals surface area (Å²) in [4.78, 5) is 38.9. The van der Waals surface area contributed by atoms with Gasteiger partial charge in [-0.3, -0.25) is 9.59 Å². The number of likely N-dealkylation sites (N-methyl/N-ethyl adjacent to an activating group) is 1. The number of aromatic nitrogens is 2. The third-order valence-corrected chi connectivity index (χ3v) is 8.18. The zero-order valence-electron chi connectivity index (χ0n) is 23.3. The second-order valence-electron chi connectivity index (χ2n) is 10.7. The second kappa shape index (κ2) is 11.4. The van der Waals surface area contributed by atoms with Crippen molar-refractivity contribution < 1.29 is 9.59 Å². The summed E-state index contributed by atoms with van der Waals surface area (Å²) in [5.74, 6) is -0.485. The van der Waals surface area contributed by atoms with Crippen molar-refractivity contribution in [3.8, 4) is 0 Å². The van der Waals surface area contributed by atoms with Gasteiger partial charge in [-0.1, -0.05) is 17.7 Å². The molecule has 1 fully saturated rings. The minimum absolute atomic E-state index is 0.117. The highest BCUT2D eigenvalue weighted by atomic mass is 35.5. The van der Waals surface area contributed by atoms with Gasteiger partial charge in [0.05, 0.1) is 22.6 Å². The molecule has 2 aromatic carbocycles. The highest BCUT2D eigenvalue weighted by Gasteiger charge is 2.29. The van der Waals surface area contributed by atoms with E-state index in [1.54, 1.807) is 17.1 Å². The molecule has 1 saturated heterocycles. The minimum atomic E-state index is -0.547. The van der Waals surface area contributed by atoms with Crippen molar-refractivity contribution in [2.45, 2.75) is 25.7 Å². The van der Waals surface area contributed by atoms with Crippen LogP contribution in [0.15, 0.2) is 59.3 Å². The molecule has 3 aliphatic rings. The number of hydrogen-bond donors (Lipinski definition) is 3. The predicted molar refractivity (Wildman–Crippen MR) is 166 cm³/mol. The average molecular weight is 586 g/mol. The molecule has 11 nitrogen and oxygen atoms in total. The van der Waals surface area contributed by atoms with Crippen molar-refractivity contribution in [1.29, 1.82) is 0 Å². The lowest BCUT2D eigenvalue weighted by Crippen LogP contribution is -2.45. The summed E-state index contributed by atoms with van der Waals surface area (Å²) < 4.78 is 0. The number of carbonyl (C=O) groups is 2. The van der Waals surface area contributed by atoms with Crippen LogP contribution in [0.5, 0.6) is 0 Å². The van der Waals surface area contributed by atoms with Crippen LogP contribution in [0, 0.1) is 0 Å². The lowest BCUT2D eigenvalue weighted by Gasteiger charge is -2.32. The Labute approximate surface area is 248 Å². The zero-order chi connectivity index (χ0) is 29.4. The number of hydrazone groups is 1. The van der Waals surface area contributed by atoms with Gasteiger partial charge in [-0.25, -0.2) is 15.0 Å². The fourth-order valence-electron chi connectivity index (χ4n) is 5.53. The van der Waals surface area contributed by atoms with Crippen molar-refractivity contribution in [2.24, 2.45) is 10.8 Å². The monoisotopic (exact) mass is 585 g/mol. The van der Waals surface area contributed by atoms with E-state index in [-0.39, 0.29) is 10.7 Å².